The zero-order valence-corrected chi connectivity index (χ0v) is 17.9. The standard InChI is InChI=1S/C25H22N6O/c1-31(2)19-14-12-17(13-15-19)16-26-22-20-10-6-7-11-21(20)27-23(28-22)25-30-29-24(32-25)18-8-4-3-5-9-18/h3-15H,16H2,1-2H3,(H,26,27,28). The third-order valence-corrected chi connectivity index (χ3v) is 5.15. The summed E-state index contributed by atoms with van der Waals surface area (Å²) < 4.78 is 5.88. The molecule has 0 aliphatic carbocycles. The predicted octanol–water partition coefficient (Wildman–Crippen LogP) is 5.02. The minimum Gasteiger partial charge on any atom is -0.413 e. The van der Waals surface area contributed by atoms with Gasteiger partial charge in [-0.3, -0.25) is 0 Å². The number of nitrogens with one attached hydrogen (secondary N) is 1. The summed E-state index contributed by atoms with van der Waals surface area (Å²) >= 11 is 0. The van der Waals surface area contributed by atoms with E-state index in [-0.39, 0.29) is 5.89 Å². The van der Waals surface area contributed by atoms with E-state index in [1.807, 2.05) is 68.7 Å². The molecule has 0 bridgehead atoms. The fourth-order valence-electron chi connectivity index (χ4n) is 3.42. The average molecular weight is 422 g/mol. The van der Waals surface area contributed by atoms with Crippen LogP contribution in [0.25, 0.3) is 34.1 Å². The molecule has 0 saturated heterocycles. The number of hydrogen-bond acceptors (Lipinski definition) is 7. The Hall–Kier alpha value is -4.26. The second-order valence-corrected chi connectivity index (χ2v) is 7.61. The molecule has 0 amide bonds. The van der Waals surface area contributed by atoms with Gasteiger partial charge in [0.05, 0.1) is 5.52 Å². The molecule has 0 unspecified atom stereocenters. The first kappa shape index (κ1) is 19.7. The first-order valence-electron chi connectivity index (χ1n) is 10.3. The van der Waals surface area contributed by atoms with Crippen LogP contribution in [0, 0.1) is 0 Å². The molecular formula is C25H22N6O. The van der Waals surface area contributed by atoms with Gasteiger partial charge in [-0.05, 0) is 42.0 Å². The van der Waals surface area contributed by atoms with Gasteiger partial charge < -0.3 is 14.6 Å². The van der Waals surface area contributed by atoms with Gasteiger partial charge in [0.25, 0.3) is 5.89 Å². The monoisotopic (exact) mass is 422 g/mol. The smallest absolute Gasteiger partial charge is 0.286 e. The number of nitrogens with zero attached hydrogens (tertiary/aromatic N) is 5. The van der Waals surface area contributed by atoms with Crippen LogP contribution < -0.4 is 10.2 Å². The molecule has 0 radical (unpaired) electrons. The van der Waals surface area contributed by atoms with Crippen LogP contribution >= 0.6 is 0 Å². The Morgan fingerprint density at radius 1 is 0.781 bits per heavy atom. The van der Waals surface area contributed by atoms with Gasteiger partial charge in [0, 0.05) is 37.3 Å². The van der Waals surface area contributed by atoms with Crippen molar-refractivity contribution >= 4 is 22.4 Å². The van der Waals surface area contributed by atoms with Crippen LogP contribution in [0.2, 0.25) is 0 Å². The maximum Gasteiger partial charge on any atom is 0.286 e. The van der Waals surface area contributed by atoms with Crippen LogP contribution in [0.15, 0.2) is 83.3 Å². The second-order valence-electron chi connectivity index (χ2n) is 7.61. The first-order valence-corrected chi connectivity index (χ1v) is 10.3. The van der Waals surface area contributed by atoms with Crippen molar-refractivity contribution < 1.29 is 4.42 Å². The molecule has 5 rings (SSSR count). The van der Waals surface area contributed by atoms with Gasteiger partial charge in [-0.15, -0.1) is 10.2 Å². The molecule has 0 atom stereocenters. The Balaban J connectivity index is 1.46. The number of para-hydroxylation sites is 1. The van der Waals surface area contributed by atoms with Gasteiger partial charge in [-0.2, -0.15) is 0 Å². The Labute approximate surface area is 185 Å². The molecule has 0 fully saturated rings. The van der Waals surface area contributed by atoms with E-state index in [9.17, 15) is 0 Å². The van der Waals surface area contributed by atoms with Crippen LogP contribution in [0.4, 0.5) is 11.5 Å². The molecule has 2 aromatic heterocycles. The molecule has 7 heteroatoms. The second kappa shape index (κ2) is 8.47. The van der Waals surface area contributed by atoms with E-state index in [1.54, 1.807) is 0 Å². The van der Waals surface area contributed by atoms with E-state index in [1.165, 1.54) is 0 Å². The minimum atomic E-state index is 0.285. The van der Waals surface area contributed by atoms with Gasteiger partial charge >= 0.3 is 0 Å². The van der Waals surface area contributed by atoms with Crippen LogP contribution in [-0.2, 0) is 6.54 Å². The zero-order chi connectivity index (χ0) is 21.9. The Bertz CT molecular complexity index is 1350. The van der Waals surface area contributed by atoms with Crippen molar-refractivity contribution in [2.75, 3.05) is 24.3 Å². The van der Waals surface area contributed by atoms with E-state index < -0.39 is 0 Å². The molecular weight excluding hydrogens is 400 g/mol. The molecule has 0 saturated carbocycles. The van der Waals surface area contributed by atoms with Gasteiger partial charge in [0.1, 0.15) is 5.82 Å². The summed E-state index contributed by atoms with van der Waals surface area (Å²) in [6, 6.07) is 25.9. The third-order valence-electron chi connectivity index (χ3n) is 5.15. The quantitative estimate of drug-likeness (QED) is 0.411. The summed E-state index contributed by atoms with van der Waals surface area (Å²) in [5.41, 5.74) is 3.98. The number of anilines is 2. The number of aromatic nitrogens is 4. The molecule has 32 heavy (non-hydrogen) atoms. The zero-order valence-electron chi connectivity index (χ0n) is 17.9. The third kappa shape index (κ3) is 4.00. The van der Waals surface area contributed by atoms with Gasteiger partial charge in [-0.1, -0.05) is 42.5 Å². The maximum absolute atomic E-state index is 5.88. The van der Waals surface area contributed by atoms with Gasteiger partial charge in [-0.25, -0.2) is 9.97 Å². The lowest BCUT2D eigenvalue weighted by molar-refractivity contribution is 0.579. The Morgan fingerprint density at radius 2 is 1.50 bits per heavy atom. The summed E-state index contributed by atoms with van der Waals surface area (Å²) in [6.07, 6.45) is 0. The summed E-state index contributed by atoms with van der Waals surface area (Å²) in [7, 11) is 4.06. The molecule has 0 aliphatic heterocycles. The van der Waals surface area contributed by atoms with Crippen LogP contribution in [-0.4, -0.2) is 34.3 Å². The highest BCUT2D eigenvalue weighted by atomic mass is 16.4. The lowest BCUT2D eigenvalue weighted by Crippen LogP contribution is -2.09. The summed E-state index contributed by atoms with van der Waals surface area (Å²) in [6.45, 7) is 0.632. The van der Waals surface area contributed by atoms with Crippen molar-refractivity contribution in [2.24, 2.45) is 0 Å². The molecule has 5 aromatic rings. The van der Waals surface area contributed by atoms with Gasteiger partial charge in [0.2, 0.25) is 11.7 Å². The fourth-order valence-corrected chi connectivity index (χ4v) is 3.42. The van der Waals surface area contributed by atoms with E-state index in [0.717, 1.165) is 33.5 Å². The lowest BCUT2D eigenvalue weighted by Gasteiger charge is -2.13. The molecule has 1 N–H and O–H groups in total. The summed E-state index contributed by atoms with van der Waals surface area (Å²) in [5, 5.41) is 12.7. The predicted molar refractivity (Wildman–Crippen MR) is 126 cm³/mol. The minimum absolute atomic E-state index is 0.285. The van der Waals surface area contributed by atoms with Crippen molar-refractivity contribution in [1.82, 2.24) is 20.2 Å². The number of benzene rings is 3. The highest BCUT2D eigenvalue weighted by Gasteiger charge is 2.16. The normalized spacial score (nSPS) is 10.9. The molecule has 3 aromatic carbocycles. The molecule has 7 nitrogen and oxygen atoms in total. The van der Waals surface area contributed by atoms with Crippen LogP contribution in [0.5, 0.6) is 0 Å². The maximum atomic E-state index is 5.88. The van der Waals surface area contributed by atoms with E-state index in [4.69, 9.17) is 9.40 Å². The van der Waals surface area contributed by atoms with E-state index in [2.05, 4.69) is 49.7 Å². The number of hydrogen-bond donors (Lipinski definition) is 1. The van der Waals surface area contributed by atoms with Crippen molar-refractivity contribution in [3.63, 3.8) is 0 Å². The largest absolute Gasteiger partial charge is 0.413 e. The van der Waals surface area contributed by atoms with Crippen molar-refractivity contribution in [3.05, 3.63) is 84.4 Å². The highest BCUT2D eigenvalue weighted by Crippen LogP contribution is 2.27. The molecule has 2 heterocycles. The highest BCUT2D eigenvalue weighted by molar-refractivity contribution is 5.90. The molecule has 0 aliphatic rings. The van der Waals surface area contributed by atoms with Crippen LogP contribution in [0.1, 0.15) is 5.56 Å². The fraction of sp³-hybridized carbons (Fsp3) is 0.120. The Kier molecular flexibility index (Phi) is 5.21. The van der Waals surface area contributed by atoms with Crippen molar-refractivity contribution in [3.8, 4) is 23.2 Å². The summed E-state index contributed by atoms with van der Waals surface area (Å²) in [5.74, 6) is 1.84. The summed E-state index contributed by atoms with van der Waals surface area (Å²) in [4.78, 5) is 11.4. The molecule has 0 spiro atoms. The SMILES string of the molecule is CN(C)c1ccc(CNc2nc(-c3nnc(-c4ccccc4)o3)nc3ccccc23)cc1. The van der Waals surface area contributed by atoms with Crippen LogP contribution in [0.3, 0.4) is 0 Å². The topological polar surface area (TPSA) is 80.0 Å². The number of fused-ring (bicyclic) bond motifs is 1. The van der Waals surface area contributed by atoms with Crippen molar-refractivity contribution in [1.29, 1.82) is 0 Å². The Morgan fingerprint density at radius 3 is 2.28 bits per heavy atom. The lowest BCUT2D eigenvalue weighted by atomic mass is 10.2. The first-order chi connectivity index (χ1) is 15.7. The van der Waals surface area contributed by atoms with Gasteiger partial charge in [0.15, 0.2) is 0 Å². The van der Waals surface area contributed by atoms with E-state index >= 15 is 0 Å². The van der Waals surface area contributed by atoms with Crippen molar-refractivity contribution in [2.45, 2.75) is 6.54 Å². The van der Waals surface area contributed by atoms with E-state index in [0.29, 0.717) is 18.3 Å². The molecule has 158 valence electrons. The average Bonchev–Trinajstić information content (AvgIpc) is 3.34. The number of rotatable bonds is 6.